The lowest BCUT2D eigenvalue weighted by Gasteiger charge is -2.33. The van der Waals surface area contributed by atoms with Gasteiger partial charge in [-0.1, -0.05) is 30.9 Å². The maximum atomic E-state index is 12.7. The molecular formula is C19H20N2O. The fourth-order valence-electron chi connectivity index (χ4n) is 3.00. The Morgan fingerprint density at radius 2 is 2.09 bits per heavy atom. The van der Waals surface area contributed by atoms with E-state index in [9.17, 15) is 4.79 Å². The van der Waals surface area contributed by atoms with Crippen molar-refractivity contribution in [1.29, 1.82) is 0 Å². The van der Waals surface area contributed by atoms with Gasteiger partial charge in [0, 0.05) is 37.0 Å². The topological polar surface area (TPSA) is 33.2 Å². The van der Waals surface area contributed by atoms with E-state index in [1.54, 1.807) is 12.3 Å². The molecule has 1 unspecified atom stereocenters. The molecule has 1 aromatic carbocycles. The number of aromatic nitrogens is 1. The molecule has 2 heterocycles. The van der Waals surface area contributed by atoms with E-state index in [1.165, 1.54) is 5.56 Å². The van der Waals surface area contributed by atoms with Crippen LogP contribution in [0.1, 0.15) is 40.2 Å². The maximum Gasteiger partial charge on any atom is 0.253 e. The van der Waals surface area contributed by atoms with Crippen LogP contribution >= 0.6 is 0 Å². The van der Waals surface area contributed by atoms with Gasteiger partial charge in [-0.15, -0.1) is 0 Å². The molecule has 0 spiro atoms. The highest BCUT2D eigenvalue weighted by Gasteiger charge is 2.25. The van der Waals surface area contributed by atoms with Crippen LogP contribution in [0.4, 0.5) is 0 Å². The van der Waals surface area contributed by atoms with Crippen LogP contribution in [0.5, 0.6) is 0 Å². The SMILES string of the molecule is C=Cc1ccc(C(=O)N2CCCC(c3cccnc3)C2)cc1. The smallest absolute Gasteiger partial charge is 0.253 e. The highest BCUT2D eigenvalue weighted by atomic mass is 16.2. The summed E-state index contributed by atoms with van der Waals surface area (Å²) < 4.78 is 0. The number of likely N-dealkylation sites (tertiary alicyclic amines) is 1. The summed E-state index contributed by atoms with van der Waals surface area (Å²) in [5, 5.41) is 0. The van der Waals surface area contributed by atoms with E-state index < -0.39 is 0 Å². The number of hydrogen-bond acceptors (Lipinski definition) is 2. The van der Waals surface area contributed by atoms with Gasteiger partial charge in [0.05, 0.1) is 0 Å². The van der Waals surface area contributed by atoms with Gasteiger partial charge in [0.15, 0.2) is 0 Å². The predicted octanol–water partition coefficient (Wildman–Crippen LogP) is 3.74. The fraction of sp³-hybridized carbons (Fsp3) is 0.263. The Morgan fingerprint density at radius 3 is 2.77 bits per heavy atom. The molecule has 1 aromatic heterocycles. The Bertz CT molecular complexity index is 649. The van der Waals surface area contributed by atoms with Crippen molar-refractivity contribution in [2.75, 3.05) is 13.1 Å². The van der Waals surface area contributed by atoms with Crippen molar-refractivity contribution >= 4 is 12.0 Å². The summed E-state index contributed by atoms with van der Waals surface area (Å²) in [5.74, 6) is 0.503. The van der Waals surface area contributed by atoms with Crippen LogP contribution in [0.2, 0.25) is 0 Å². The first-order chi connectivity index (χ1) is 10.8. The molecule has 0 aliphatic carbocycles. The third-order valence-electron chi connectivity index (χ3n) is 4.26. The van der Waals surface area contributed by atoms with Crippen molar-refractivity contribution in [1.82, 2.24) is 9.88 Å². The predicted molar refractivity (Wildman–Crippen MR) is 88.6 cm³/mol. The molecule has 1 saturated heterocycles. The van der Waals surface area contributed by atoms with E-state index in [1.807, 2.05) is 41.4 Å². The number of carbonyl (C=O) groups is 1. The van der Waals surface area contributed by atoms with Gasteiger partial charge in [-0.3, -0.25) is 9.78 Å². The second-order valence-electron chi connectivity index (χ2n) is 5.70. The minimum absolute atomic E-state index is 0.115. The highest BCUT2D eigenvalue weighted by Crippen LogP contribution is 2.27. The van der Waals surface area contributed by atoms with Crippen molar-refractivity contribution in [2.24, 2.45) is 0 Å². The summed E-state index contributed by atoms with van der Waals surface area (Å²) in [6, 6.07) is 11.7. The van der Waals surface area contributed by atoms with Gasteiger partial charge in [-0.05, 0) is 42.2 Å². The molecule has 1 atom stereocenters. The quantitative estimate of drug-likeness (QED) is 0.863. The van der Waals surface area contributed by atoms with Crippen molar-refractivity contribution < 1.29 is 4.79 Å². The van der Waals surface area contributed by atoms with Crippen LogP contribution in [0.3, 0.4) is 0 Å². The van der Waals surface area contributed by atoms with Crippen LogP contribution in [-0.4, -0.2) is 28.9 Å². The van der Waals surface area contributed by atoms with E-state index in [2.05, 4.69) is 17.6 Å². The van der Waals surface area contributed by atoms with Crippen LogP contribution in [0.15, 0.2) is 55.4 Å². The monoisotopic (exact) mass is 292 g/mol. The molecule has 2 aromatic rings. The molecule has 1 aliphatic heterocycles. The molecule has 0 bridgehead atoms. The summed E-state index contributed by atoms with van der Waals surface area (Å²) >= 11 is 0. The molecule has 3 rings (SSSR count). The molecule has 112 valence electrons. The van der Waals surface area contributed by atoms with Gasteiger partial charge in [0.1, 0.15) is 0 Å². The second kappa shape index (κ2) is 6.56. The van der Waals surface area contributed by atoms with Gasteiger partial charge in [0.25, 0.3) is 5.91 Å². The number of rotatable bonds is 3. The van der Waals surface area contributed by atoms with Crippen LogP contribution in [0.25, 0.3) is 6.08 Å². The van der Waals surface area contributed by atoms with Crippen molar-refractivity contribution in [2.45, 2.75) is 18.8 Å². The van der Waals surface area contributed by atoms with Crippen LogP contribution in [-0.2, 0) is 0 Å². The van der Waals surface area contributed by atoms with Crippen LogP contribution in [0, 0.1) is 0 Å². The Morgan fingerprint density at radius 1 is 1.27 bits per heavy atom. The van der Waals surface area contributed by atoms with E-state index in [-0.39, 0.29) is 5.91 Å². The van der Waals surface area contributed by atoms with Gasteiger partial charge in [-0.2, -0.15) is 0 Å². The lowest BCUT2D eigenvalue weighted by Crippen LogP contribution is -2.39. The van der Waals surface area contributed by atoms with Gasteiger partial charge < -0.3 is 4.90 Å². The lowest BCUT2D eigenvalue weighted by molar-refractivity contribution is 0.0707. The lowest BCUT2D eigenvalue weighted by atomic mass is 9.91. The minimum atomic E-state index is 0.115. The molecular weight excluding hydrogens is 272 g/mol. The maximum absolute atomic E-state index is 12.7. The first-order valence-electron chi connectivity index (χ1n) is 7.69. The standard InChI is InChI=1S/C19H20N2O/c1-2-15-7-9-16(10-8-15)19(22)21-12-4-6-18(14-21)17-5-3-11-20-13-17/h2-3,5,7-11,13,18H,1,4,6,12,14H2. The molecule has 0 radical (unpaired) electrons. The summed E-state index contributed by atoms with van der Waals surface area (Å²) in [4.78, 5) is 18.8. The fourth-order valence-corrected chi connectivity index (χ4v) is 3.00. The average Bonchev–Trinajstić information content (AvgIpc) is 2.62. The van der Waals surface area contributed by atoms with Crippen LogP contribution < -0.4 is 0 Å². The summed E-state index contributed by atoms with van der Waals surface area (Å²) in [7, 11) is 0. The average molecular weight is 292 g/mol. The van der Waals surface area contributed by atoms with E-state index in [4.69, 9.17) is 0 Å². The second-order valence-corrected chi connectivity index (χ2v) is 5.70. The van der Waals surface area contributed by atoms with Crippen molar-refractivity contribution in [3.63, 3.8) is 0 Å². The molecule has 1 fully saturated rings. The first-order valence-corrected chi connectivity index (χ1v) is 7.69. The first kappa shape index (κ1) is 14.5. The molecule has 22 heavy (non-hydrogen) atoms. The largest absolute Gasteiger partial charge is 0.338 e. The van der Waals surface area contributed by atoms with Gasteiger partial charge in [0.2, 0.25) is 0 Å². The summed E-state index contributed by atoms with van der Waals surface area (Å²) in [6.07, 6.45) is 7.64. The number of piperidine rings is 1. The zero-order valence-electron chi connectivity index (χ0n) is 12.6. The van der Waals surface area contributed by atoms with E-state index >= 15 is 0 Å². The Hall–Kier alpha value is -2.42. The van der Waals surface area contributed by atoms with Crippen molar-refractivity contribution in [3.05, 3.63) is 72.1 Å². The minimum Gasteiger partial charge on any atom is -0.338 e. The molecule has 0 saturated carbocycles. The molecule has 3 heteroatoms. The number of amides is 1. The molecule has 1 aliphatic rings. The number of benzene rings is 1. The molecule has 0 N–H and O–H groups in total. The van der Waals surface area contributed by atoms with Gasteiger partial charge in [-0.25, -0.2) is 0 Å². The number of carbonyl (C=O) groups excluding carboxylic acids is 1. The van der Waals surface area contributed by atoms with Crippen molar-refractivity contribution in [3.8, 4) is 0 Å². The Kier molecular flexibility index (Phi) is 4.33. The highest BCUT2D eigenvalue weighted by molar-refractivity contribution is 5.94. The normalized spacial score (nSPS) is 18.0. The third-order valence-corrected chi connectivity index (χ3v) is 4.26. The van der Waals surface area contributed by atoms with Gasteiger partial charge >= 0.3 is 0 Å². The summed E-state index contributed by atoms with van der Waals surface area (Å²) in [6.45, 7) is 5.34. The Balaban J connectivity index is 1.73. The zero-order chi connectivity index (χ0) is 15.4. The number of nitrogens with zero attached hydrogens (tertiary/aromatic N) is 2. The number of hydrogen-bond donors (Lipinski definition) is 0. The molecule has 3 nitrogen and oxygen atoms in total. The third kappa shape index (κ3) is 3.08. The number of pyridine rings is 1. The summed E-state index contributed by atoms with van der Waals surface area (Å²) in [5.41, 5.74) is 3.00. The van der Waals surface area contributed by atoms with E-state index in [0.29, 0.717) is 5.92 Å². The molecule has 1 amide bonds. The van der Waals surface area contributed by atoms with E-state index in [0.717, 1.165) is 37.1 Å². The zero-order valence-corrected chi connectivity index (χ0v) is 12.6. The Labute approximate surface area is 131 Å².